The quantitative estimate of drug-likeness (QED) is 0.902. The van der Waals surface area contributed by atoms with Crippen LogP contribution in [-0.4, -0.2) is 22.4 Å². The van der Waals surface area contributed by atoms with Crippen LogP contribution in [0.15, 0.2) is 16.9 Å². The van der Waals surface area contributed by atoms with Gasteiger partial charge in [-0.3, -0.25) is 4.68 Å². The summed E-state index contributed by atoms with van der Waals surface area (Å²) in [5.41, 5.74) is 0.555. The van der Waals surface area contributed by atoms with Crippen molar-refractivity contribution in [1.82, 2.24) is 15.1 Å². The molecule has 1 atom stereocenters. The van der Waals surface area contributed by atoms with Crippen molar-refractivity contribution in [3.63, 3.8) is 0 Å². The average molecular weight is 286 g/mol. The molecule has 0 bridgehead atoms. The second kappa shape index (κ2) is 4.88. The largest absolute Gasteiger partial charge is 0.312 e. The smallest absolute Gasteiger partial charge is 0.0632 e. The van der Waals surface area contributed by atoms with E-state index in [0.29, 0.717) is 11.5 Å². The molecule has 3 nitrogen and oxygen atoms in total. The molecule has 0 amide bonds. The van der Waals surface area contributed by atoms with Crippen molar-refractivity contribution >= 4 is 15.9 Å². The lowest BCUT2D eigenvalue weighted by Gasteiger charge is -2.39. The van der Waals surface area contributed by atoms with E-state index in [1.165, 1.54) is 19.3 Å². The van der Waals surface area contributed by atoms with Gasteiger partial charge >= 0.3 is 0 Å². The molecule has 4 heteroatoms. The van der Waals surface area contributed by atoms with Gasteiger partial charge in [0.2, 0.25) is 0 Å². The first kappa shape index (κ1) is 12.1. The van der Waals surface area contributed by atoms with E-state index in [4.69, 9.17) is 0 Å². The number of nitrogens with one attached hydrogen (secondary N) is 1. The second-order valence-electron chi connectivity index (χ2n) is 5.33. The Bertz CT molecular complexity index is 344. The van der Waals surface area contributed by atoms with Crippen LogP contribution in [-0.2, 0) is 6.54 Å². The van der Waals surface area contributed by atoms with Crippen molar-refractivity contribution in [2.24, 2.45) is 5.41 Å². The molecule has 1 saturated carbocycles. The topological polar surface area (TPSA) is 29.9 Å². The van der Waals surface area contributed by atoms with Crippen LogP contribution in [0.3, 0.4) is 0 Å². The van der Waals surface area contributed by atoms with Crippen molar-refractivity contribution in [2.45, 2.75) is 45.7 Å². The highest BCUT2D eigenvalue weighted by atomic mass is 79.9. The van der Waals surface area contributed by atoms with Crippen LogP contribution >= 0.6 is 15.9 Å². The summed E-state index contributed by atoms with van der Waals surface area (Å²) < 4.78 is 3.02. The molecule has 1 aliphatic rings. The van der Waals surface area contributed by atoms with Gasteiger partial charge in [0.15, 0.2) is 0 Å². The Labute approximate surface area is 106 Å². The lowest BCUT2D eigenvalue weighted by molar-refractivity contribution is 0.150. The zero-order valence-corrected chi connectivity index (χ0v) is 11.6. The fourth-order valence-electron chi connectivity index (χ4n) is 2.16. The van der Waals surface area contributed by atoms with Crippen molar-refractivity contribution in [3.8, 4) is 0 Å². The number of rotatable bonds is 5. The van der Waals surface area contributed by atoms with E-state index < -0.39 is 0 Å². The zero-order chi connectivity index (χ0) is 11.6. The lowest BCUT2D eigenvalue weighted by Crippen LogP contribution is -2.42. The maximum Gasteiger partial charge on any atom is 0.0632 e. The van der Waals surface area contributed by atoms with Crippen LogP contribution in [0.2, 0.25) is 0 Å². The van der Waals surface area contributed by atoms with E-state index in [0.717, 1.165) is 17.6 Å². The SMILES string of the molecule is CC(Cn1cc(Br)cn1)NCC1(C)CCC1. The van der Waals surface area contributed by atoms with Crippen LogP contribution in [0, 0.1) is 5.41 Å². The minimum absolute atomic E-state index is 0.476. The molecule has 1 unspecified atom stereocenters. The Kier molecular flexibility index (Phi) is 3.70. The standard InChI is InChI=1S/C12H20BrN3/c1-10(7-16-8-11(13)6-15-16)14-9-12(2)4-3-5-12/h6,8,10,14H,3-5,7,9H2,1-2H3. The minimum atomic E-state index is 0.476. The van der Waals surface area contributed by atoms with Crippen molar-refractivity contribution in [2.75, 3.05) is 6.54 Å². The predicted molar refractivity (Wildman–Crippen MR) is 69.3 cm³/mol. The van der Waals surface area contributed by atoms with Gasteiger partial charge in [-0.15, -0.1) is 0 Å². The highest BCUT2D eigenvalue weighted by molar-refractivity contribution is 9.10. The fraction of sp³-hybridized carbons (Fsp3) is 0.750. The maximum atomic E-state index is 4.26. The van der Waals surface area contributed by atoms with E-state index in [9.17, 15) is 0 Å². The molecule has 2 rings (SSSR count). The first-order valence-electron chi connectivity index (χ1n) is 5.99. The normalized spacial score (nSPS) is 20.4. The van der Waals surface area contributed by atoms with E-state index in [2.05, 4.69) is 40.2 Å². The minimum Gasteiger partial charge on any atom is -0.312 e. The lowest BCUT2D eigenvalue weighted by atomic mass is 9.70. The molecule has 16 heavy (non-hydrogen) atoms. The van der Waals surface area contributed by atoms with Crippen LogP contribution in [0.4, 0.5) is 0 Å². The first-order valence-corrected chi connectivity index (χ1v) is 6.78. The van der Waals surface area contributed by atoms with Gasteiger partial charge in [-0.25, -0.2) is 0 Å². The Hall–Kier alpha value is -0.350. The third-order valence-electron chi connectivity index (χ3n) is 3.50. The molecule has 0 saturated heterocycles. The fourth-order valence-corrected chi connectivity index (χ4v) is 2.49. The Balaban J connectivity index is 1.73. The van der Waals surface area contributed by atoms with Crippen LogP contribution in [0.25, 0.3) is 0 Å². The maximum absolute atomic E-state index is 4.26. The summed E-state index contributed by atoms with van der Waals surface area (Å²) in [7, 11) is 0. The predicted octanol–water partition coefficient (Wildman–Crippen LogP) is 2.81. The molecule has 1 aromatic rings. The summed E-state index contributed by atoms with van der Waals surface area (Å²) in [6, 6.07) is 0.476. The molecule has 1 N–H and O–H groups in total. The Morgan fingerprint density at radius 2 is 2.38 bits per heavy atom. The number of nitrogens with zero attached hydrogens (tertiary/aromatic N) is 2. The van der Waals surface area contributed by atoms with Crippen LogP contribution in [0.5, 0.6) is 0 Å². The van der Waals surface area contributed by atoms with E-state index in [-0.39, 0.29) is 0 Å². The summed E-state index contributed by atoms with van der Waals surface area (Å²) in [6.45, 7) is 6.66. The van der Waals surface area contributed by atoms with Gasteiger partial charge < -0.3 is 5.32 Å². The zero-order valence-electron chi connectivity index (χ0n) is 10.0. The highest BCUT2D eigenvalue weighted by Gasteiger charge is 2.31. The van der Waals surface area contributed by atoms with Gasteiger partial charge in [-0.1, -0.05) is 13.3 Å². The molecule has 1 fully saturated rings. The molecule has 0 aromatic carbocycles. The second-order valence-corrected chi connectivity index (χ2v) is 6.24. The number of hydrogen-bond acceptors (Lipinski definition) is 2. The number of halogens is 1. The molecular weight excluding hydrogens is 266 g/mol. The van der Waals surface area contributed by atoms with Crippen LogP contribution in [0.1, 0.15) is 33.1 Å². The molecule has 0 radical (unpaired) electrons. The third kappa shape index (κ3) is 3.08. The van der Waals surface area contributed by atoms with Gasteiger partial charge in [0.25, 0.3) is 0 Å². The van der Waals surface area contributed by atoms with Crippen molar-refractivity contribution in [1.29, 1.82) is 0 Å². The van der Waals surface area contributed by atoms with Crippen LogP contribution < -0.4 is 5.32 Å². The van der Waals surface area contributed by atoms with Gasteiger partial charge in [-0.2, -0.15) is 5.10 Å². The summed E-state index contributed by atoms with van der Waals surface area (Å²) in [4.78, 5) is 0. The summed E-state index contributed by atoms with van der Waals surface area (Å²) in [6.07, 6.45) is 8.00. The monoisotopic (exact) mass is 285 g/mol. The molecule has 1 aromatic heterocycles. The number of aromatic nitrogens is 2. The summed E-state index contributed by atoms with van der Waals surface area (Å²) in [5, 5.41) is 7.87. The molecule has 0 spiro atoms. The van der Waals surface area contributed by atoms with E-state index in [1.54, 1.807) is 0 Å². The average Bonchev–Trinajstić information content (AvgIpc) is 2.58. The first-order chi connectivity index (χ1) is 7.57. The molecule has 0 aliphatic heterocycles. The molecular formula is C12H20BrN3. The van der Waals surface area contributed by atoms with Gasteiger partial charge in [0.1, 0.15) is 0 Å². The number of hydrogen-bond donors (Lipinski definition) is 1. The van der Waals surface area contributed by atoms with Gasteiger partial charge in [0.05, 0.1) is 17.2 Å². The summed E-state index contributed by atoms with van der Waals surface area (Å²) in [5.74, 6) is 0. The highest BCUT2D eigenvalue weighted by Crippen LogP contribution is 2.39. The third-order valence-corrected chi connectivity index (χ3v) is 3.91. The van der Waals surface area contributed by atoms with Gasteiger partial charge in [0, 0.05) is 18.8 Å². The van der Waals surface area contributed by atoms with E-state index in [1.807, 2.05) is 17.1 Å². The van der Waals surface area contributed by atoms with Crippen molar-refractivity contribution < 1.29 is 0 Å². The molecule has 1 heterocycles. The van der Waals surface area contributed by atoms with E-state index >= 15 is 0 Å². The van der Waals surface area contributed by atoms with Crippen molar-refractivity contribution in [3.05, 3.63) is 16.9 Å². The molecule has 1 aliphatic carbocycles. The van der Waals surface area contributed by atoms with Gasteiger partial charge in [-0.05, 0) is 41.1 Å². The molecule has 90 valence electrons. The Morgan fingerprint density at radius 3 is 2.88 bits per heavy atom. The summed E-state index contributed by atoms with van der Waals surface area (Å²) >= 11 is 3.41. The Morgan fingerprint density at radius 1 is 1.62 bits per heavy atom.